The Balaban J connectivity index is 1.54. The first-order valence-corrected chi connectivity index (χ1v) is 11.7. The molecule has 1 aromatic heterocycles. The zero-order valence-electron chi connectivity index (χ0n) is 18.8. The van der Waals surface area contributed by atoms with Gasteiger partial charge in [-0.1, -0.05) is 54.0 Å². The van der Waals surface area contributed by atoms with Crippen LogP contribution in [0.1, 0.15) is 31.5 Å². The van der Waals surface area contributed by atoms with Crippen molar-refractivity contribution in [3.05, 3.63) is 64.4 Å². The fraction of sp³-hybridized carbons (Fsp3) is 0.417. The zero-order chi connectivity index (χ0) is 23.8. The lowest BCUT2D eigenvalue weighted by Crippen LogP contribution is -2.52. The molecule has 9 heteroatoms. The number of amides is 2. The van der Waals surface area contributed by atoms with E-state index in [9.17, 15) is 14.4 Å². The van der Waals surface area contributed by atoms with Gasteiger partial charge < -0.3 is 15.4 Å². The second-order valence-electron chi connectivity index (χ2n) is 8.51. The number of ketones is 1. The van der Waals surface area contributed by atoms with Crippen molar-refractivity contribution in [1.82, 2.24) is 20.5 Å². The van der Waals surface area contributed by atoms with Crippen molar-refractivity contribution in [1.29, 1.82) is 0 Å². The van der Waals surface area contributed by atoms with Crippen molar-refractivity contribution in [2.45, 2.75) is 45.5 Å². The summed E-state index contributed by atoms with van der Waals surface area (Å²) < 4.78 is 6.19. The summed E-state index contributed by atoms with van der Waals surface area (Å²) in [5, 5.41) is 5.45. The number of hydrogen-bond donors (Lipinski definition) is 2. The summed E-state index contributed by atoms with van der Waals surface area (Å²) in [4.78, 5) is 43.9. The number of rotatable bonds is 9. The summed E-state index contributed by atoms with van der Waals surface area (Å²) in [6.07, 6.45) is 1.34. The van der Waals surface area contributed by atoms with Crippen LogP contribution in [-0.2, 0) is 27.5 Å². The van der Waals surface area contributed by atoms with Crippen molar-refractivity contribution >= 4 is 33.7 Å². The van der Waals surface area contributed by atoms with Crippen LogP contribution in [0, 0.1) is 5.92 Å². The van der Waals surface area contributed by atoms with Crippen LogP contribution in [0.2, 0.25) is 0 Å². The Hall–Kier alpha value is -2.78. The number of likely N-dealkylation sites (tertiary alicyclic amines) is 1. The van der Waals surface area contributed by atoms with Crippen LogP contribution in [-0.4, -0.2) is 52.8 Å². The van der Waals surface area contributed by atoms with Crippen LogP contribution < -0.4 is 10.6 Å². The molecule has 1 unspecified atom stereocenters. The first-order chi connectivity index (χ1) is 15.8. The number of nitrogens with zero attached hydrogens (tertiary/aromatic N) is 2. The molecule has 2 heterocycles. The molecule has 0 saturated carbocycles. The molecule has 0 bridgehead atoms. The Morgan fingerprint density at radius 3 is 2.67 bits per heavy atom. The van der Waals surface area contributed by atoms with E-state index in [1.807, 2.05) is 43.0 Å². The molecule has 1 aromatic carbocycles. The molecular formula is C24H29BrN4O4. The number of benzene rings is 1. The summed E-state index contributed by atoms with van der Waals surface area (Å²) in [5.74, 6) is -0.279. The monoisotopic (exact) mass is 516 g/mol. The number of alkyl carbamates (subject to hydrolysis) is 1. The minimum atomic E-state index is -0.800. The van der Waals surface area contributed by atoms with E-state index in [4.69, 9.17) is 4.74 Å². The SMILES string of the molecule is CC(C)C[C@H](NC(=O)OCc1ccccn1)C(=O)NC1CN(Cc2ccccc2Br)CC1=O. The average Bonchev–Trinajstić information content (AvgIpc) is 3.12. The predicted octanol–water partition coefficient (Wildman–Crippen LogP) is 3.05. The Morgan fingerprint density at radius 1 is 1.21 bits per heavy atom. The van der Waals surface area contributed by atoms with E-state index in [1.54, 1.807) is 24.4 Å². The summed E-state index contributed by atoms with van der Waals surface area (Å²) in [5.41, 5.74) is 1.69. The molecule has 0 radical (unpaired) electrons. The van der Waals surface area contributed by atoms with E-state index in [1.165, 1.54) is 0 Å². The van der Waals surface area contributed by atoms with Gasteiger partial charge in [0.2, 0.25) is 5.91 Å². The van der Waals surface area contributed by atoms with E-state index < -0.39 is 18.2 Å². The van der Waals surface area contributed by atoms with E-state index in [-0.39, 0.29) is 30.8 Å². The van der Waals surface area contributed by atoms with Crippen molar-refractivity contribution < 1.29 is 19.1 Å². The molecule has 33 heavy (non-hydrogen) atoms. The number of carbonyl (C=O) groups is 3. The average molecular weight is 517 g/mol. The van der Waals surface area contributed by atoms with E-state index in [2.05, 4.69) is 31.5 Å². The van der Waals surface area contributed by atoms with Crippen LogP contribution >= 0.6 is 15.9 Å². The Bertz CT molecular complexity index is 970. The highest BCUT2D eigenvalue weighted by Gasteiger charge is 2.34. The van der Waals surface area contributed by atoms with Crippen LogP contribution in [0.25, 0.3) is 0 Å². The molecule has 3 rings (SSSR count). The van der Waals surface area contributed by atoms with Crippen molar-refractivity contribution in [2.75, 3.05) is 13.1 Å². The van der Waals surface area contributed by atoms with Gasteiger partial charge in [0.05, 0.1) is 12.2 Å². The molecule has 2 atom stereocenters. The molecule has 2 N–H and O–H groups in total. The van der Waals surface area contributed by atoms with Gasteiger partial charge in [-0.25, -0.2) is 4.79 Å². The second kappa shape index (κ2) is 11.9. The number of ether oxygens (including phenoxy) is 1. The van der Waals surface area contributed by atoms with Gasteiger partial charge in [-0.3, -0.25) is 19.5 Å². The molecule has 1 aliphatic rings. The highest BCUT2D eigenvalue weighted by molar-refractivity contribution is 9.10. The Kier molecular flexibility index (Phi) is 8.96. The molecular weight excluding hydrogens is 488 g/mol. The molecule has 0 aliphatic carbocycles. The highest BCUT2D eigenvalue weighted by atomic mass is 79.9. The molecule has 8 nitrogen and oxygen atoms in total. The number of pyridine rings is 1. The maximum Gasteiger partial charge on any atom is 0.408 e. The first kappa shape index (κ1) is 24.9. The minimum absolute atomic E-state index is 0.00775. The minimum Gasteiger partial charge on any atom is -0.443 e. The van der Waals surface area contributed by atoms with Gasteiger partial charge in [-0.05, 0) is 36.1 Å². The number of halogens is 1. The van der Waals surface area contributed by atoms with Crippen molar-refractivity contribution in [2.24, 2.45) is 5.92 Å². The largest absolute Gasteiger partial charge is 0.443 e. The molecule has 1 fully saturated rings. The lowest BCUT2D eigenvalue weighted by atomic mass is 10.0. The predicted molar refractivity (Wildman–Crippen MR) is 127 cm³/mol. The van der Waals surface area contributed by atoms with Crippen LogP contribution in [0.5, 0.6) is 0 Å². The molecule has 1 aliphatic heterocycles. The maximum absolute atomic E-state index is 12.9. The summed E-state index contributed by atoms with van der Waals surface area (Å²) >= 11 is 3.53. The Morgan fingerprint density at radius 2 is 1.97 bits per heavy atom. The molecule has 176 valence electrons. The Labute approximate surface area is 202 Å². The smallest absolute Gasteiger partial charge is 0.408 e. The summed E-state index contributed by atoms with van der Waals surface area (Å²) in [6.45, 7) is 5.22. The van der Waals surface area contributed by atoms with Gasteiger partial charge in [0.1, 0.15) is 18.7 Å². The number of nitrogens with one attached hydrogen (secondary N) is 2. The number of carbonyl (C=O) groups excluding carboxylic acids is 3. The van der Waals surface area contributed by atoms with Crippen molar-refractivity contribution in [3.63, 3.8) is 0 Å². The third-order valence-electron chi connectivity index (χ3n) is 5.27. The van der Waals surface area contributed by atoms with Gasteiger partial charge in [0.25, 0.3) is 0 Å². The van der Waals surface area contributed by atoms with Gasteiger partial charge in [-0.2, -0.15) is 0 Å². The van der Waals surface area contributed by atoms with Crippen LogP contribution in [0.4, 0.5) is 4.79 Å². The lowest BCUT2D eigenvalue weighted by Gasteiger charge is -2.22. The normalized spacial score (nSPS) is 17.1. The quantitative estimate of drug-likeness (QED) is 0.531. The van der Waals surface area contributed by atoms with Gasteiger partial charge in [0, 0.05) is 23.8 Å². The van der Waals surface area contributed by atoms with E-state index >= 15 is 0 Å². The van der Waals surface area contributed by atoms with Gasteiger partial charge in [-0.15, -0.1) is 0 Å². The second-order valence-corrected chi connectivity index (χ2v) is 9.37. The van der Waals surface area contributed by atoms with Gasteiger partial charge >= 0.3 is 6.09 Å². The third-order valence-corrected chi connectivity index (χ3v) is 6.04. The molecule has 0 spiro atoms. The highest BCUT2D eigenvalue weighted by Crippen LogP contribution is 2.20. The lowest BCUT2D eigenvalue weighted by molar-refractivity contribution is -0.127. The van der Waals surface area contributed by atoms with Crippen molar-refractivity contribution in [3.8, 4) is 0 Å². The third kappa shape index (κ3) is 7.64. The van der Waals surface area contributed by atoms with E-state index in [0.717, 1.165) is 10.0 Å². The van der Waals surface area contributed by atoms with Gasteiger partial charge in [0.15, 0.2) is 5.78 Å². The van der Waals surface area contributed by atoms with Crippen LogP contribution in [0.3, 0.4) is 0 Å². The fourth-order valence-electron chi connectivity index (χ4n) is 3.65. The summed E-state index contributed by atoms with van der Waals surface area (Å²) in [6, 6.07) is 11.8. The van der Waals surface area contributed by atoms with E-state index in [0.29, 0.717) is 25.2 Å². The zero-order valence-corrected chi connectivity index (χ0v) is 20.4. The molecule has 2 aromatic rings. The fourth-order valence-corrected chi connectivity index (χ4v) is 4.06. The molecule has 1 saturated heterocycles. The number of hydrogen-bond acceptors (Lipinski definition) is 6. The standard InChI is InChI=1S/C24H29BrN4O4/c1-16(2)11-20(28-24(32)33-15-18-8-5-6-10-26-18)23(31)27-21-13-29(14-22(21)30)12-17-7-3-4-9-19(17)25/h3-10,16,20-21H,11-15H2,1-2H3,(H,27,31)(H,28,32)/t20-,21?/m0/s1. The molecule has 2 amide bonds. The topological polar surface area (TPSA) is 101 Å². The van der Waals surface area contributed by atoms with Crippen LogP contribution in [0.15, 0.2) is 53.1 Å². The first-order valence-electron chi connectivity index (χ1n) is 10.9. The summed E-state index contributed by atoms with van der Waals surface area (Å²) in [7, 11) is 0. The number of Topliss-reactive ketones (excluding diaryl/α,β-unsaturated/α-hetero) is 1. The maximum atomic E-state index is 12.9. The number of aromatic nitrogens is 1.